The molecule has 1 fully saturated rings. The standard InChI is InChI=1S/C23H22Cl2F2N4O5S/c1-30(2)22(35)12-4-3-11(24)7-17(12)37-23-21(34)19(20(33)16(9-32)36-23)31-8-15(28-29-31)10-5-13(26)18(25)14(27)6-10/h3-8,16,19-21,23,32-34H,9H2,1-2H3/t16?,19?,20-,21-,23+/m0/s1. The zero-order valence-electron chi connectivity index (χ0n) is 19.4. The lowest BCUT2D eigenvalue weighted by atomic mass is 9.97. The molecule has 0 radical (unpaired) electrons. The van der Waals surface area contributed by atoms with Crippen LogP contribution in [-0.4, -0.2) is 85.6 Å². The van der Waals surface area contributed by atoms with Gasteiger partial charge >= 0.3 is 0 Å². The Morgan fingerprint density at radius 2 is 1.84 bits per heavy atom. The van der Waals surface area contributed by atoms with Crippen LogP contribution in [0.3, 0.4) is 0 Å². The van der Waals surface area contributed by atoms with Crippen LogP contribution in [0.15, 0.2) is 41.4 Å². The largest absolute Gasteiger partial charge is 0.394 e. The summed E-state index contributed by atoms with van der Waals surface area (Å²) in [7, 11) is 3.18. The Labute approximate surface area is 224 Å². The third-order valence-corrected chi connectivity index (χ3v) is 7.58. The van der Waals surface area contributed by atoms with Crippen LogP contribution in [0, 0.1) is 11.6 Å². The van der Waals surface area contributed by atoms with Gasteiger partial charge in [0.2, 0.25) is 0 Å². The number of thioether (sulfide) groups is 1. The van der Waals surface area contributed by atoms with Gasteiger partial charge in [-0.3, -0.25) is 4.79 Å². The van der Waals surface area contributed by atoms with E-state index in [0.717, 1.165) is 28.6 Å². The Bertz CT molecular complexity index is 1290. The minimum absolute atomic E-state index is 0.0390. The summed E-state index contributed by atoms with van der Waals surface area (Å²) in [5, 5.41) is 39.4. The fourth-order valence-corrected chi connectivity index (χ4v) is 5.44. The number of carbonyl (C=O) groups excluding carboxylic acids is 1. The van der Waals surface area contributed by atoms with E-state index in [0.29, 0.717) is 15.5 Å². The SMILES string of the molecule is CN(C)C(=O)c1ccc(Cl)cc1S[C@H]1OC(CO)[C@H](O)C(n2cc(-c3cc(F)c(Cl)c(F)c3)nn2)[C@@H]1O. The van der Waals surface area contributed by atoms with Crippen molar-refractivity contribution in [2.45, 2.75) is 34.7 Å². The molecule has 2 unspecified atom stereocenters. The summed E-state index contributed by atoms with van der Waals surface area (Å²) >= 11 is 12.7. The number of nitrogens with zero attached hydrogens (tertiary/aromatic N) is 4. The summed E-state index contributed by atoms with van der Waals surface area (Å²) in [5.74, 6) is -2.28. The zero-order valence-corrected chi connectivity index (χ0v) is 21.8. The van der Waals surface area contributed by atoms with E-state index in [1.807, 2.05) is 0 Å². The predicted molar refractivity (Wildman–Crippen MR) is 133 cm³/mol. The summed E-state index contributed by atoms with van der Waals surface area (Å²) in [4.78, 5) is 14.5. The molecule has 5 atom stereocenters. The highest BCUT2D eigenvalue weighted by molar-refractivity contribution is 8.00. The fourth-order valence-electron chi connectivity index (χ4n) is 3.87. The monoisotopic (exact) mass is 574 g/mol. The third kappa shape index (κ3) is 5.60. The van der Waals surface area contributed by atoms with Gasteiger partial charge in [-0.15, -0.1) is 5.10 Å². The van der Waals surface area contributed by atoms with Crippen LogP contribution in [-0.2, 0) is 4.74 Å². The van der Waals surface area contributed by atoms with Gasteiger partial charge in [-0.25, -0.2) is 13.5 Å². The maximum absolute atomic E-state index is 13.9. The molecule has 37 heavy (non-hydrogen) atoms. The zero-order chi connectivity index (χ0) is 27.0. The molecule has 0 aliphatic carbocycles. The summed E-state index contributed by atoms with van der Waals surface area (Å²) < 4.78 is 34.8. The topological polar surface area (TPSA) is 121 Å². The molecule has 2 heterocycles. The van der Waals surface area contributed by atoms with Gasteiger partial charge in [0.15, 0.2) is 0 Å². The lowest BCUT2D eigenvalue weighted by Crippen LogP contribution is -2.55. The molecule has 3 N–H and O–H groups in total. The third-order valence-electron chi connectivity index (χ3n) is 5.77. The number of hydrogen-bond acceptors (Lipinski definition) is 8. The lowest BCUT2D eigenvalue weighted by molar-refractivity contribution is -0.178. The van der Waals surface area contributed by atoms with Crippen molar-refractivity contribution in [2.75, 3.05) is 20.7 Å². The number of aliphatic hydroxyl groups is 3. The number of ether oxygens (including phenoxy) is 1. The summed E-state index contributed by atoms with van der Waals surface area (Å²) in [5.41, 5.74) is -0.667. The fraction of sp³-hybridized carbons (Fsp3) is 0.348. The molecule has 1 aliphatic heterocycles. The first-order valence-corrected chi connectivity index (χ1v) is 12.5. The summed E-state index contributed by atoms with van der Waals surface area (Å²) in [6.45, 7) is -0.588. The minimum Gasteiger partial charge on any atom is -0.394 e. The number of carbonyl (C=O) groups is 1. The molecule has 9 nitrogen and oxygen atoms in total. The molecule has 0 bridgehead atoms. The van der Waals surface area contributed by atoms with E-state index in [2.05, 4.69) is 10.3 Å². The first kappa shape index (κ1) is 27.7. The number of benzene rings is 2. The Balaban J connectivity index is 1.67. The van der Waals surface area contributed by atoms with Gasteiger partial charge in [0.05, 0.1) is 18.4 Å². The number of halogens is 4. The average Bonchev–Trinajstić information content (AvgIpc) is 3.33. The van der Waals surface area contributed by atoms with Gasteiger partial charge in [-0.05, 0) is 30.3 Å². The Hall–Kier alpha value is -2.32. The van der Waals surface area contributed by atoms with E-state index in [-0.39, 0.29) is 17.2 Å². The van der Waals surface area contributed by atoms with Gasteiger partial charge in [0, 0.05) is 29.6 Å². The van der Waals surface area contributed by atoms with Crippen molar-refractivity contribution in [1.82, 2.24) is 19.9 Å². The van der Waals surface area contributed by atoms with Crippen molar-refractivity contribution in [2.24, 2.45) is 0 Å². The van der Waals surface area contributed by atoms with Crippen LogP contribution in [0.25, 0.3) is 11.3 Å². The molecule has 198 valence electrons. The first-order valence-electron chi connectivity index (χ1n) is 10.9. The molecule has 4 rings (SSSR count). The second-order valence-electron chi connectivity index (χ2n) is 8.49. The predicted octanol–water partition coefficient (Wildman–Crippen LogP) is 3.00. The highest BCUT2D eigenvalue weighted by Gasteiger charge is 2.46. The maximum atomic E-state index is 13.9. The Morgan fingerprint density at radius 3 is 2.46 bits per heavy atom. The average molecular weight is 575 g/mol. The molecule has 0 spiro atoms. The van der Waals surface area contributed by atoms with Crippen molar-refractivity contribution in [3.63, 3.8) is 0 Å². The van der Waals surface area contributed by atoms with Gasteiger partial charge < -0.3 is 25.0 Å². The maximum Gasteiger partial charge on any atom is 0.254 e. The molecular formula is C23H22Cl2F2N4O5S. The number of aliphatic hydroxyl groups excluding tert-OH is 3. The van der Waals surface area contributed by atoms with Gasteiger partial charge in [-0.1, -0.05) is 40.2 Å². The van der Waals surface area contributed by atoms with Crippen LogP contribution in [0.4, 0.5) is 8.78 Å². The molecule has 1 amide bonds. The van der Waals surface area contributed by atoms with Crippen LogP contribution in [0.1, 0.15) is 16.4 Å². The lowest BCUT2D eigenvalue weighted by Gasteiger charge is -2.41. The van der Waals surface area contributed by atoms with E-state index in [4.69, 9.17) is 27.9 Å². The molecule has 14 heteroatoms. The van der Waals surface area contributed by atoms with Crippen molar-refractivity contribution >= 4 is 40.9 Å². The van der Waals surface area contributed by atoms with Crippen LogP contribution in [0.2, 0.25) is 10.0 Å². The number of amides is 1. The smallest absolute Gasteiger partial charge is 0.254 e. The summed E-state index contributed by atoms with van der Waals surface area (Å²) in [6.07, 6.45) is -2.68. The van der Waals surface area contributed by atoms with E-state index >= 15 is 0 Å². The number of rotatable bonds is 6. The minimum atomic E-state index is -1.42. The van der Waals surface area contributed by atoms with Crippen LogP contribution in [0.5, 0.6) is 0 Å². The Morgan fingerprint density at radius 1 is 1.16 bits per heavy atom. The van der Waals surface area contributed by atoms with Gasteiger partial charge in [0.25, 0.3) is 5.91 Å². The number of hydrogen-bond donors (Lipinski definition) is 3. The van der Waals surface area contributed by atoms with E-state index in [1.165, 1.54) is 11.1 Å². The van der Waals surface area contributed by atoms with Crippen molar-refractivity contribution < 1.29 is 33.6 Å². The van der Waals surface area contributed by atoms with Gasteiger partial charge in [0.1, 0.15) is 52.1 Å². The quantitative estimate of drug-likeness (QED) is 0.384. The molecule has 0 saturated carbocycles. The molecule has 1 aliphatic rings. The molecule has 3 aromatic rings. The van der Waals surface area contributed by atoms with Crippen LogP contribution >= 0.6 is 35.0 Å². The Kier molecular flexibility index (Phi) is 8.38. The normalized spacial score (nSPS) is 23.8. The summed E-state index contributed by atoms with van der Waals surface area (Å²) in [6, 6.07) is 5.45. The van der Waals surface area contributed by atoms with Crippen molar-refractivity contribution in [1.29, 1.82) is 0 Å². The van der Waals surface area contributed by atoms with Crippen molar-refractivity contribution in [3.8, 4) is 11.3 Å². The molecular weight excluding hydrogens is 553 g/mol. The second-order valence-corrected chi connectivity index (χ2v) is 10.4. The molecule has 1 aromatic heterocycles. The molecule has 1 saturated heterocycles. The highest BCUT2D eigenvalue weighted by atomic mass is 35.5. The van der Waals surface area contributed by atoms with Crippen LogP contribution < -0.4 is 0 Å². The van der Waals surface area contributed by atoms with Gasteiger partial charge in [-0.2, -0.15) is 0 Å². The van der Waals surface area contributed by atoms with Crippen molar-refractivity contribution in [3.05, 3.63) is 63.8 Å². The second kappa shape index (κ2) is 11.2. The highest BCUT2D eigenvalue weighted by Crippen LogP contribution is 2.40. The van der Waals surface area contributed by atoms with E-state index < -0.39 is 53.1 Å². The number of aromatic nitrogens is 3. The van der Waals surface area contributed by atoms with E-state index in [9.17, 15) is 28.9 Å². The van der Waals surface area contributed by atoms with E-state index in [1.54, 1.807) is 32.3 Å². The molecule has 2 aromatic carbocycles. The first-order chi connectivity index (χ1) is 17.5.